The molecule has 1 aromatic heterocycles. The molecule has 0 aromatic carbocycles. The number of aromatic nitrogens is 1. The molecule has 0 aliphatic heterocycles. The maximum absolute atomic E-state index is 11.7. The van der Waals surface area contributed by atoms with E-state index in [0.717, 1.165) is 5.56 Å². The lowest BCUT2D eigenvalue weighted by atomic mass is 10.3. The zero-order valence-electron chi connectivity index (χ0n) is 8.63. The van der Waals surface area contributed by atoms with Gasteiger partial charge in [0.15, 0.2) is 0 Å². The second kappa shape index (κ2) is 6.44. The molecule has 0 atom stereocenters. The lowest BCUT2D eigenvalue weighted by Gasteiger charge is -2.08. The normalized spacial score (nSPS) is 11.7. The van der Waals surface area contributed by atoms with Gasteiger partial charge in [-0.05, 0) is 11.6 Å². The summed E-state index contributed by atoms with van der Waals surface area (Å²) in [4.78, 5) is 3.91. The number of hydrogen-bond acceptors (Lipinski definition) is 3. The summed E-state index contributed by atoms with van der Waals surface area (Å²) in [5, 5.41) is 2.96. The number of pyridine rings is 1. The molecule has 1 heterocycles. The van der Waals surface area contributed by atoms with Crippen LogP contribution in [0.3, 0.4) is 0 Å². The van der Waals surface area contributed by atoms with Gasteiger partial charge < -0.3 is 10.1 Å². The SMILES string of the molecule is FC(F)(F)COCCNCc1cccnc1. The highest BCUT2D eigenvalue weighted by molar-refractivity contribution is 5.07. The van der Waals surface area contributed by atoms with Crippen LogP contribution in [0.4, 0.5) is 13.2 Å². The summed E-state index contributed by atoms with van der Waals surface area (Å²) in [5.41, 5.74) is 0.985. The fourth-order valence-corrected chi connectivity index (χ4v) is 1.07. The van der Waals surface area contributed by atoms with Crippen LogP contribution in [0.5, 0.6) is 0 Å². The van der Waals surface area contributed by atoms with E-state index in [2.05, 4.69) is 15.0 Å². The molecule has 1 N–H and O–H groups in total. The van der Waals surface area contributed by atoms with Crippen LogP contribution in [0.15, 0.2) is 24.5 Å². The largest absolute Gasteiger partial charge is 0.411 e. The van der Waals surface area contributed by atoms with Gasteiger partial charge in [0.1, 0.15) is 6.61 Å². The van der Waals surface area contributed by atoms with Gasteiger partial charge in [0.2, 0.25) is 0 Å². The monoisotopic (exact) mass is 234 g/mol. The van der Waals surface area contributed by atoms with Crippen molar-refractivity contribution in [3.8, 4) is 0 Å². The molecule has 0 radical (unpaired) electrons. The number of halogens is 3. The van der Waals surface area contributed by atoms with Crippen LogP contribution in [0, 0.1) is 0 Å². The van der Waals surface area contributed by atoms with Crippen LogP contribution in [-0.4, -0.2) is 30.9 Å². The van der Waals surface area contributed by atoms with Crippen LogP contribution in [0.1, 0.15) is 5.56 Å². The molecule has 16 heavy (non-hydrogen) atoms. The Balaban J connectivity index is 2.01. The van der Waals surface area contributed by atoms with E-state index >= 15 is 0 Å². The van der Waals surface area contributed by atoms with Gasteiger partial charge in [0.05, 0.1) is 6.61 Å². The lowest BCUT2D eigenvalue weighted by molar-refractivity contribution is -0.173. The molecule has 6 heteroatoms. The first-order chi connectivity index (χ1) is 7.58. The van der Waals surface area contributed by atoms with Crippen LogP contribution in [0.25, 0.3) is 0 Å². The minimum atomic E-state index is -4.25. The van der Waals surface area contributed by atoms with Crippen molar-refractivity contribution in [2.45, 2.75) is 12.7 Å². The van der Waals surface area contributed by atoms with Gasteiger partial charge in [-0.1, -0.05) is 6.07 Å². The highest BCUT2D eigenvalue weighted by atomic mass is 19.4. The van der Waals surface area contributed by atoms with Crippen molar-refractivity contribution < 1.29 is 17.9 Å². The number of ether oxygens (including phenoxy) is 1. The van der Waals surface area contributed by atoms with Crippen molar-refractivity contribution in [2.75, 3.05) is 19.8 Å². The smallest absolute Gasteiger partial charge is 0.371 e. The first-order valence-corrected chi connectivity index (χ1v) is 4.82. The third kappa shape index (κ3) is 6.36. The molecular weight excluding hydrogens is 221 g/mol. The Kier molecular flexibility index (Phi) is 5.21. The fraction of sp³-hybridized carbons (Fsp3) is 0.500. The summed E-state index contributed by atoms with van der Waals surface area (Å²) in [5.74, 6) is 0. The van der Waals surface area contributed by atoms with Crippen molar-refractivity contribution in [2.24, 2.45) is 0 Å². The maximum atomic E-state index is 11.7. The Morgan fingerprint density at radius 2 is 2.19 bits per heavy atom. The molecule has 0 bridgehead atoms. The Morgan fingerprint density at radius 1 is 1.38 bits per heavy atom. The summed E-state index contributed by atoms with van der Waals surface area (Å²) >= 11 is 0. The minimum Gasteiger partial charge on any atom is -0.371 e. The summed E-state index contributed by atoms with van der Waals surface area (Å²) in [6.45, 7) is -0.199. The van der Waals surface area contributed by atoms with Gasteiger partial charge in [-0.15, -0.1) is 0 Å². The van der Waals surface area contributed by atoms with E-state index in [1.807, 2.05) is 6.07 Å². The molecule has 3 nitrogen and oxygen atoms in total. The number of alkyl halides is 3. The van der Waals surface area contributed by atoms with Gasteiger partial charge in [-0.25, -0.2) is 0 Å². The first kappa shape index (κ1) is 12.9. The number of hydrogen-bond donors (Lipinski definition) is 1. The van der Waals surface area contributed by atoms with Crippen molar-refractivity contribution >= 4 is 0 Å². The van der Waals surface area contributed by atoms with E-state index in [1.54, 1.807) is 18.5 Å². The Labute approximate surface area is 91.6 Å². The van der Waals surface area contributed by atoms with Gasteiger partial charge in [-0.3, -0.25) is 4.98 Å². The Bertz CT molecular complexity index is 290. The Morgan fingerprint density at radius 3 is 2.81 bits per heavy atom. The number of nitrogens with zero attached hydrogens (tertiary/aromatic N) is 1. The summed E-state index contributed by atoms with van der Waals surface area (Å²) in [6, 6.07) is 3.69. The second-order valence-electron chi connectivity index (χ2n) is 3.21. The van der Waals surface area contributed by atoms with E-state index in [9.17, 15) is 13.2 Å². The van der Waals surface area contributed by atoms with Crippen LogP contribution < -0.4 is 5.32 Å². The van der Waals surface area contributed by atoms with Gasteiger partial charge in [-0.2, -0.15) is 13.2 Å². The van der Waals surface area contributed by atoms with E-state index in [4.69, 9.17) is 0 Å². The third-order valence-electron chi connectivity index (χ3n) is 1.74. The summed E-state index contributed by atoms with van der Waals surface area (Å²) < 4.78 is 39.5. The standard InChI is InChI=1S/C10H13F3N2O/c11-10(12,13)8-16-5-4-15-7-9-2-1-3-14-6-9/h1-3,6,15H,4-5,7-8H2. The molecule has 1 rings (SSSR count). The quantitative estimate of drug-likeness (QED) is 0.761. The maximum Gasteiger partial charge on any atom is 0.411 e. The van der Waals surface area contributed by atoms with E-state index < -0.39 is 12.8 Å². The van der Waals surface area contributed by atoms with E-state index in [1.165, 1.54) is 0 Å². The molecule has 1 aromatic rings. The fourth-order valence-electron chi connectivity index (χ4n) is 1.07. The zero-order chi connectivity index (χ0) is 11.9. The van der Waals surface area contributed by atoms with E-state index in [-0.39, 0.29) is 6.61 Å². The Hall–Kier alpha value is -1.14. The second-order valence-corrected chi connectivity index (χ2v) is 3.21. The molecular formula is C10H13F3N2O. The summed E-state index contributed by atoms with van der Waals surface area (Å²) in [6.07, 6.45) is -0.886. The van der Waals surface area contributed by atoms with Crippen molar-refractivity contribution in [3.05, 3.63) is 30.1 Å². The van der Waals surface area contributed by atoms with Gasteiger partial charge >= 0.3 is 6.18 Å². The third-order valence-corrected chi connectivity index (χ3v) is 1.74. The number of rotatable bonds is 6. The van der Waals surface area contributed by atoms with Gasteiger partial charge in [0, 0.05) is 25.5 Å². The van der Waals surface area contributed by atoms with E-state index in [0.29, 0.717) is 13.1 Å². The van der Waals surface area contributed by atoms with Crippen molar-refractivity contribution in [1.29, 1.82) is 0 Å². The minimum absolute atomic E-state index is 0.0414. The number of nitrogens with one attached hydrogen (secondary N) is 1. The lowest BCUT2D eigenvalue weighted by Crippen LogP contribution is -2.23. The van der Waals surface area contributed by atoms with Crippen LogP contribution in [-0.2, 0) is 11.3 Å². The molecule has 0 aliphatic rings. The highest BCUT2D eigenvalue weighted by Gasteiger charge is 2.27. The molecule has 90 valence electrons. The average Bonchev–Trinajstić information content (AvgIpc) is 2.23. The van der Waals surface area contributed by atoms with Gasteiger partial charge in [0.25, 0.3) is 0 Å². The first-order valence-electron chi connectivity index (χ1n) is 4.82. The molecule has 0 fully saturated rings. The molecule has 0 amide bonds. The topological polar surface area (TPSA) is 34.1 Å². The molecule has 0 saturated carbocycles. The van der Waals surface area contributed by atoms with Crippen molar-refractivity contribution in [3.63, 3.8) is 0 Å². The highest BCUT2D eigenvalue weighted by Crippen LogP contribution is 2.13. The molecule has 0 saturated heterocycles. The molecule has 0 aliphatic carbocycles. The predicted molar refractivity (Wildman–Crippen MR) is 52.8 cm³/mol. The zero-order valence-corrected chi connectivity index (χ0v) is 8.63. The summed E-state index contributed by atoms with van der Waals surface area (Å²) in [7, 11) is 0. The average molecular weight is 234 g/mol. The van der Waals surface area contributed by atoms with Crippen LogP contribution in [0.2, 0.25) is 0 Å². The molecule has 0 spiro atoms. The predicted octanol–water partition coefficient (Wildman–Crippen LogP) is 1.75. The van der Waals surface area contributed by atoms with Crippen LogP contribution >= 0.6 is 0 Å². The van der Waals surface area contributed by atoms with Crippen molar-refractivity contribution in [1.82, 2.24) is 10.3 Å². The molecule has 0 unspecified atom stereocenters.